The van der Waals surface area contributed by atoms with Crippen molar-refractivity contribution in [1.29, 1.82) is 0 Å². The highest BCUT2D eigenvalue weighted by atomic mass is 32.2. The van der Waals surface area contributed by atoms with Crippen LogP contribution in [0.5, 0.6) is 0 Å². The van der Waals surface area contributed by atoms with Crippen molar-refractivity contribution in [2.45, 2.75) is 43.9 Å². The maximum Gasteiger partial charge on any atom is 0.286 e. The van der Waals surface area contributed by atoms with Gasteiger partial charge in [0.1, 0.15) is 0 Å². The predicted octanol–water partition coefficient (Wildman–Crippen LogP) is 8.36. The van der Waals surface area contributed by atoms with Crippen LogP contribution in [0.4, 0.5) is 0 Å². The second-order valence-electron chi connectivity index (χ2n) is 10.9. The van der Waals surface area contributed by atoms with Crippen molar-refractivity contribution >= 4 is 40.7 Å². The maximum atomic E-state index is 13.1. The molecule has 0 N–H and O–H groups in total. The normalized spacial score (nSPS) is 16.8. The maximum absolute atomic E-state index is 13.1. The first-order valence-electron chi connectivity index (χ1n) is 14.9. The second kappa shape index (κ2) is 13.6. The average molecular weight is 593 g/mol. The van der Waals surface area contributed by atoms with E-state index in [1.54, 1.807) is 0 Å². The number of amides is 1. The van der Waals surface area contributed by atoms with E-state index < -0.39 is 0 Å². The summed E-state index contributed by atoms with van der Waals surface area (Å²) in [4.78, 5) is 21.8. The number of benzene rings is 3. The number of hydrogen-bond donors (Lipinski definition) is 0. The number of para-hydroxylation sites is 1. The number of carbonyl (C=O) groups is 1. The lowest BCUT2D eigenvalue weighted by Crippen LogP contribution is -2.37. The van der Waals surface area contributed by atoms with E-state index in [-0.39, 0.29) is 5.91 Å². The number of likely N-dealkylation sites (tertiary alicyclic amines) is 1. The largest absolute Gasteiger partial charge is 0.351 e. The molecule has 3 aromatic carbocycles. The third-order valence-corrected chi connectivity index (χ3v) is 9.95. The Labute approximate surface area is 257 Å². The average Bonchev–Trinajstić information content (AvgIpc) is 3.62. The Hall–Kier alpha value is -3.55. The number of aliphatic imine (C=N–C) groups is 1. The van der Waals surface area contributed by atoms with Gasteiger partial charge >= 0.3 is 0 Å². The van der Waals surface area contributed by atoms with Crippen molar-refractivity contribution in [1.82, 2.24) is 14.7 Å². The molecule has 3 heterocycles. The summed E-state index contributed by atoms with van der Waals surface area (Å²) in [5.74, 6) is 1.63. The Bertz CT molecular complexity index is 1550. The molecule has 214 valence electrons. The van der Waals surface area contributed by atoms with E-state index in [0.29, 0.717) is 10.8 Å². The van der Waals surface area contributed by atoms with Crippen LogP contribution in [0.3, 0.4) is 0 Å². The molecule has 1 saturated heterocycles. The van der Waals surface area contributed by atoms with Crippen molar-refractivity contribution in [2.24, 2.45) is 10.9 Å². The van der Waals surface area contributed by atoms with Gasteiger partial charge in [0.2, 0.25) is 0 Å². The van der Waals surface area contributed by atoms with Gasteiger partial charge in [-0.05, 0) is 85.0 Å². The number of carbonyl (C=O) groups excluding carboxylic acids is 1. The molecule has 7 heteroatoms. The summed E-state index contributed by atoms with van der Waals surface area (Å²) < 4.78 is 1.90. The molecule has 0 spiro atoms. The minimum Gasteiger partial charge on any atom is -0.351 e. The fourth-order valence-electron chi connectivity index (χ4n) is 5.42. The minimum atomic E-state index is -0.164. The van der Waals surface area contributed by atoms with E-state index in [9.17, 15) is 4.79 Å². The molecule has 0 saturated carbocycles. The number of hydrogen-bond acceptors (Lipinski definition) is 5. The third-order valence-electron chi connectivity index (χ3n) is 7.81. The Morgan fingerprint density at radius 3 is 2.38 bits per heavy atom. The Kier molecular flexibility index (Phi) is 9.26. The highest BCUT2D eigenvalue weighted by Crippen LogP contribution is 2.35. The van der Waals surface area contributed by atoms with E-state index in [4.69, 9.17) is 5.10 Å². The number of rotatable bonds is 9. The molecule has 1 aromatic heterocycles. The highest BCUT2D eigenvalue weighted by molar-refractivity contribution is 8.18. The molecule has 2 aliphatic rings. The summed E-state index contributed by atoms with van der Waals surface area (Å²) in [6.45, 7) is 4.09. The van der Waals surface area contributed by atoms with Gasteiger partial charge in [-0.2, -0.15) is 10.1 Å². The van der Waals surface area contributed by atoms with Crippen molar-refractivity contribution in [2.75, 3.05) is 18.8 Å². The Morgan fingerprint density at radius 1 is 0.952 bits per heavy atom. The van der Waals surface area contributed by atoms with Crippen molar-refractivity contribution in [3.8, 4) is 16.9 Å². The van der Waals surface area contributed by atoms with Crippen molar-refractivity contribution < 1.29 is 4.79 Å². The van der Waals surface area contributed by atoms with E-state index >= 15 is 0 Å². The zero-order chi connectivity index (χ0) is 28.7. The third kappa shape index (κ3) is 6.90. The second-order valence-corrected chi connectivity index (χ2v) is 13.0. The molecule has 2 aliphatic heterocycles. The predicted molar refractivity (Wildman–Crippen MR) is 177 cm³/mol. The standard InChI is InChI=1S/C35H36N4OS2/c1-2-3-22-41-31-16-14-28(15-17-31)33-29(25-39(37-33)30-12-8-5-9-13-30)24-32-34(40)36-35(42-32)38-20-18-27(19-21-38)23-26-10-6-4-7-11-26/h4-17,24-25,27H,2-3,18-23H2,1H3/b32-24-. The number of aromatic nitrogens is 2. The lowest BCUT2D eigenvalue weighted by molar-refractivity contribution is -0.113. The first kappa shape index (κ1) is 28.6. The lowest BCUT2D eigenvalue weighted by Gasteiger charge is -2.32. The Balaban J connectivity index is 1.19. The number of nitrogens with zero attached hydrogens (tertiary/aromatic N) is 4. The fraction of sp³-hybridized carbons (Fsp3) is 0.286. The first-order chi connectivity index (χ1) is 20.7. The van der Waals surface area contributed by atoms with E-state index in [1.807, 2.05) is 59.0 Å². The van der Waals surface area contributed by atoms with E-state index in [0.717, 1.165) is 65.8 Å². The lowest BCUT2D eigenvalue weighted by atomic mass is 9.90. The molecule has 6 rings (SSSR count). The van der Waals surface area contributed by atoms with Crippen molar-refractivity contribution in [3.63, 3.8) is 0 Å². The van der Waals surface area contributed by atoms with Crippen LogP contribution < -0.4 is 0 Å². The summed E-state index contributed by atoms with van der Waals surface area (Å²) in [6.07, 6.45) is 9.75. The number of unbranched alkanes of at least 4 members (excludes halogenated alkanes) is 1. The summed E-state index contributed by atoms with van der Waals surface area (Å²) >= 11 is 3.39. The SMILES string of the molecule is CCCCSc1ccc(-c2nn(-c3ccccc3)cc2/C=C2\SC(N3CCC(Cc4ccccc4)CC3)=NC2=O)cc1. The van der Waals surface area contributed by atoms with Gasteiger partial charge in [-0.15, -0.1) is 11.8 Å². The van der Waals surface area contributed by atoms with Gasteiger partial charge in [0.25, 0.3) is 5.91 Å². The molecule has 0 aliphatic carbocycles. The topological polar surface area (TPSA) is 50.5 Å². The van der Waals surface area contributed by atoms with Crippen LogP contribution in [-0.4, -0.2) is 44.6 Å². The number of amidine groups is 1. The van der Waals surface area contributed by atoms with Gasteiger partial charge in [-0.1, -0.05) is 74.0 Å². The van der Waals surface area contributed by atoms with Gasteiger partial charge in [-0.3, -0.25) is 4.79 Å². The van der Waals surface area contributed by atoms with Gasteiger partial charge < -0.3 is 4.90 Å². The summed E-state index contributed by atoms with van der Waals surface area (Å²) in [5.41, 5.74) is 5.20. The number of thioether (sulfide) groups is 2. The molecule has 1 amide bonds. The van der Waals surface area contributed by atoms with E-state index in [1.165, 1.54) is 35.1 Å². The molecule has 4 aromatic rings. The molecule has 0 atom stereocenters. The number of piperidine rings is 1. The van der Waals surface area contributed by atoms with Crippen LogP contribution in [-0.2, 0) is 11.2 Å². The zero-order valence-corrected chi connectivity index (χ0v) is 25.6. The van der Waals surface area contributed by atoms with Crippen LogP contribution in [0, 0.1) is 5.92 Å². The van der Waals surface area contributed by atoms with Crippen molar-refractivity contribution in [3.05, 3.63) is 107 Å². The first-order valence-corrected chi connectivity index (χ1v) is 16.7. The molecule has 1 fully saturated rings. The van der Waals surface area contributed by atoms with Crippen LogP contribution in [0.1, 0.15) is 43.7 Å². The molecule has 0 radical (unpaired) electrons. The van der Waals surface area contributed by atoms with Gasteiger partial charge in [0, 0.05) is 35.3 Å². The minimum absolute atomic E-state index is 0.164. The summed E-state index contributed by atoms with van der Waals surface area (Å²) in [5, 5.41) is 5.80. The van der Waals surface area contributed by atoms with Gasteiger partial charge in [0.15, 0.2) is 5.17 Å². The van der Waals surface area contributed by atoms with Crippen LogP contribution >= 0.6 is 23.5 Å². The summed E-state index contributed by atoms with van der Waals surface area (Å²) in [6, 6.07) is 29.5. The monoisotopic (exact) mass is 592 g/mol. The molecule has 0 bridgehead atoms. The van der Waals surface area contributed by atoms with Gasteiger partial charge in [-0.25, -0.2) is 4.68 Å². The molecular formula is C35H36N4OS2. The molecular weight excluding hydrogens is 557 g/mol. The smallest absolute Gasteiger partial charge is 0.286 e. The van der Waals surface area contributed by atoms with E-state index in [2.05, 4.69) is 71.4 Å². The highest BCUT2D eigenvalue weighted by Gasteiger charge is 2.29. The summed E-state index contributed by atoms with van der Waals surface area (Å²) in [7, 11) is 0. The van der Waals surface area contributed by atoms with Crippen LogP contribution in [0.2, 0.25) is 0 Å². The Morgan fingerprint density at radius 2 is 1.67 bits per heavy atom. The fourth-order valence-corrected chi connectivity index (χ4v) is 7.38. The molecule has 5 nitrogen and oxygen atoms in total. The van der Waals surface area contributed by atoms with Crippen LogP contribution in [0.15, 0.2) is 106 Å². The van der Waals surface area contributed by atoms with Crippen LogP contribution in [0.25, 0.3) is 23.0 Å². The zero-order valence-electron chi connectivity index (χ0n) is 24.0. The molecule has 0 unspecified atom stereocenters. The van der Waals surface area contributed by atoms with Gasteiger partial charge in [0.05, 0.1) is 16.3 Å². The quantitative estimate of drug-likeness (QED) is 0.111. The molecule has 42 heavy (non-hydrogen) atoms.